The minimum atomic E-state index is -0.0602. The van der Waals surface area contributed by atoms with Gasteiger partial charge in [0.1, 0.15) is 0 Å². The Balaban J connectivity index is 1.82. The summed E-state index contributed by atoms with van der Waals surface area (Å²) in [6.45, 7) is 0. The third-order valence-corrected chi connectivity index (χ3v) is 5.12. The monoisotopic (exact) mass is 398 g/mol. The summed E-state index contributed by atoms with van der Waals surface area (Å²) in [6, 6.07) is 15.0. The van der Waals surface area contributed by atoms with Crippen LogP contribution in [-0.4, -0.2) is 43.1 Å². The van der Waals surface area contributed by atoms with Crippen LogP contribution in [0.3, 0.4) is 0 Å². The first-order chi connectivity index (χ1) is 13.0. The van der Waals surface area contributed by atoms with Crippen molar-refractivity contribution < 1.29 is 4.79 Å². The highest BCUT2D eigenvalue weighted by atomic mass is 35.5. The molecule has 0 saturated heterocycles. The molecular weight excluding hydrogens is 380 g/mol. The number of carbonyl (C=O) groups excluding carboxylic acids is 1. The van der Waals surface area contributed by atoms with Crippen LogP contribution >= 0.6 is 22.9 Å². The first-order valence-corrected chi connectivity index (χ1v) is 9.52. The lowest BCUT2D eigenvalue weighted by molar-refractivity contribution is 0.0827. The average Bonchev–Trinajstić information content (AvgIpc) is 3.16. The SMILES string of the molecule is CN(C)C(=O)c1ccccc1/C=N/N(C)c1nc(-c2ccccc2Cl)cs1. The number of amides is 1. The smallest absolute Gasteiger partial charge is 0.254 e. The molecule has 7 heteroatoms. The van der Waals surface area contributed by atoms with Gasteiger partial charge >= 0.3 is 0 Å². The van der Waals surface area contributed by atoms with Crippen molar-refractivity contribution in [3.63, 3.8) is 0 Å². The van der Waals surface area contributed by atoms with Gasteiger partial charge < -0.3 is 4.90 Å². The molecule has 0 aliphatic carbocycles. The lowest BCUT2D eigenvalue weighted by atomic mass is 10.1. The molecule has 3 aromatic rings. The van der Waals surface area contributed by atoms with Crippen LogP contribution in [0.2, 0.25) is 5.02 Å². The van der Waals surface area contributed by atoms with Gasteiger partial charge in [-0.15, -0.1) is 11.3 Å². The maximum Gasteiger partial charge on any atom is 0.254 e. The minimum Gasteiger partial charge on any atom is -0.345 e. The van der Waals surface area contributed by atoms with Crippen molar-refractivity contribution in [1.29, 1.82) is 0 Å². The van der Waals surface area contributed by atoms with Crippen molar-refractivity contribution in [1.82, 2.24) is 9.88 Å². The molecule has 0 N–H and O–H groups in total. The Kier molecular flexibility index (Phi) is 5.88. The van der Waals surface area contributed by atoms with Crippen molar-refractivity contribution in [2.24, 2.45) is 5.10 Å². The minimum absolute atomic E-state index is 0.0602. The number of benzene rings is 2. The van der Waals surface area contributed by atoms with Gasteiger partial charge in [0.2, 0.25) is 5.13 Å². The topological polar surface area (TPSA) is 48.8 Å². The first kappa shape index (κ1) is 19.1. The molecule has 1 amide bonds. The fraction of sp³-hybridized carbons (Fsp3) is 0.150. The van der Waals surface area contributed by atoms with Crippen LogP contribution in [0.25, 0.3) is 11.3 Å². The van der Waals surface area contributed by atoms with Gasteiger partial charge in [-0.2, -0.15) is 5.10 Å². The van der Waals surface area contributed by atoms with Gasteiger partial charge in [0.05, 0.1) is 11.9 Å². The predicted octanol–water partition coefficient (Wildman–Crippen LogP) is 4.64. The number of anilines is 1. The van der Waals surface area contributed by atoms with Crippen LogP contribution in [-0.2, 0) is 0 Å². The average molecular weight is 399 g/mol. The molecule has 0 radical (unpaired) electrons. The number of aromatic nitrogens is 1. The van der Waals surface area contributed by atoms with E-state index in [1.165, 1.54) is 11.3 Å². The van der Waals surface area contributed by atoms with Gasteiger partial charge in [0, 0.05) is 48.2 Å². The van der Waals surface area contributed by atoms with E-state index in [2.05, 4.69) is 10.1 Å². The molecule has 3 rings (SSSR count). The maximum absolute atomic E-state index is 12.3. The highest BCUT2D eigenvalue weighted by Gasteiger charge is 2.13. The predicted molar refractivity (Wildman–Crippen MR) is 113 cm³/mol. The number of carbonyl (C=O) groups is 1. The van der Waals surface area contributed by atoms with Crippen LogP contribution in [0.1, 0.15) is 15.9 Å². The summed E-state index contributed by atoms with van der Waals surface area (Å²) < 4.78 is 0. The number of hydrazone groups is 1. The Morgan fingerprint density at radius 3 is 2.56 bits per heavy atom. The Hall–Kier alpha value is -2.70. The Labute approximate surface area is 167 Å². The zero-order chi connectivity index (χ0) is 19.4. The van der Waals surface area contributed by atoms with E-state index in [0.29, 0.717) is 10.6 Å². The summed E-state index contributed by atoms with van der Waals surface area (Å²) in [5, 5.41) is 9.48. The van der Waals surface area contributed by atoms with Gasteiger partial charge in [0.15, 0.2) is 0 Å². The summed E-state index contributed by atoms with van der Waals surface area (Å²) in [7, 11) is 5.28. The van der Waals surface area contributed by atoms with Gasteiger partial charge in [-0.1, -0.05) is 48.0 Å². The van der Waals surface area contributed by atoms with Crippen molar-refractivity contribution in [3.05, 3.63) is 70.1 Å². The summed E-state index contributed by atoms with van der Waals surface area (Å²) in [6.07, 6.45) is 1.67. The van der Waals surface area contributed by atoms with Gasteiger partial charge in [-0.05, 0) is 12.1 Å². The van der Waals surface area contributed by atoms with Crippen molar-refractivity contribution >= 4 is 40.2 Å². The van der Waals surface area contributed by atoms with E-state index in [0.717, 1.165) is 22.0 Å². The van der Waals surface area contributed by atoms with Crippen molar-refractivity contribution in [3.8, 4) is 11.3 Å². The van der Waals surface area contributed by atoms with Crippen molar-refractivity contribution in [2.75, 3.05) is 26.2 Å². The molecule has 0 saturated carbocycles. The van der Waals surface area contributed by atoms with E-state index >= 15 is 0 Å². The van der Waals surface area contributed by atoms with E-state index in [9.17, 15) is 4.79 Å². The number of halogens is 1. The molecule has 27 heavy (non-hydrogen) atoms. The van der Waals surface area contributed by atoms with E-state index in [4.69, 9.17) is 11.6 Å². The molecule has 1 heterocycles. The quantitative estimate of drug-likeness (QED) is 0.464. The molecule has 0 fully saturated rings. The lowest BCUT2D eigenvalue weighted by Crippen LogP contribution is -2.23. The number of thiazole rings is 1. The zero-order valence-corrected chi connectivity index (χ0v) is 16.8. The maximum atomic E-state index is 12.3. The molecule has 138 valence electrons. The van der Waals surface area contributed by atoms with E-state index in [-0.39, 0.29) is 5.91 Å². The largest absolute Gasteiger partial charge is 0.345 e. The van der Waals surface area contributed by atoms with Crippen LogP contribution in [0.4, 0.5) is 5.13 Å². The van der Waals surface area contributed by atoms with Gasteiger partial charge in [0.25, 0.3) is 5.91 Å². The van der Waals surface area contributed by atoms with E-state index in [1.807, 2.05) is 54.9 Å². The summed E-state index contributed by atoms with van der Waals surface area (Å²) >= 11 is 7.73. The Morgan fingerprint density at radius 1 is 1.11 bits per heavy atom. The van der Waals surface area contributed by atoms with Crippen LogP contribution in [0.15, 0.2) is 59.0 Å². The standard InChI is InChI=1S/C20H19ClN4OS/c1-24(2)19(26)15-9-5-4-8-14(15)12-22-25(3)20-23-18(13-27-20)16-10-6-7-11-17(16)21/h4-13H,1-3H3/b22-12+. The molecule has 5 nitrogen and oxygen atoms in total. The van der Waals surface area contributed by atoms with Crippen LogP contribution in [0, 0.1) is 0 Å². The normalized spacial score (nSPS) is 11.0. The summed E-state index contributed by atoms with van der Waals surface area (Å²) in [5.41, 5.74) is 3.06. The Morgan fingerprint density at radius 2 is 1.81 bits per heavy atom. The Bertz CT molecular complexity index is 983. The second-order valence-corrected chi connectivity index (χ2v) is 7.29. The fourth-order valence-electron chi connectivity index (χ4n) is 2.45. The second kappa shape index (κ2) is 8.33. The molecule has 0 unspecified atom stereocenters. The van der Waals surface area contributed by atoms with Gasteiger partial charge in [-0.25, -0.2) is 9.99 Å². The number of hydrogen-bond donors (Lipinski definition) is 0. The van der Waals surface area contributed by atoms with E-state index in [1.54, 1.807) is 36.3 Å². The fourth-order valence-corrected chi connectivity index (χ4v) is 3.43. The summed E-state index contributed by atoms with van der Waals surface area (Å²) in [4.78, 5) is 18.5. The van der Waals surface area contributed by atoms with Crippen LogP contribution < -0.4 is 5.01 Å². The molecule has 0 aliphatic rings. The molecular formula is C20H19ClN4OS. The molecule has 1 aromatic heterocycles. The molecule has 0 bridgehead atoms. The number of hydrogen-bond acceptors (Lipinski definition) is 5. The highest BCUT2D eigenvalue weighted by molar-refractivity contribution is 7.14. The number of nitrogens with zero attached hydrogens (tertiary/aromatic N) is 4. The molecule has 0 aliphatic heterocycles. The molecule has 0 atom stereocenters. The molecule has 0 spiro atoms. The molecule has 2 aromatic carbocycles. The first-order valence-electron chi connectivity index (χ1n) is 8.26. The second-order valence-electron chi connectivity index (χ2n) is 6.05. The zero-order valence-electron chi connectivity index (χ0n) is 15.3. The van der Waals surface area contributed by atoms with Crippen molar-refractivity contribution in [2.45, 2.75) is 0 Å². The lowest BCUT2D eigenvalue weighted by Gasteiger charge is -2.13. The van der Waals surface area contributed by atoms with E-state index < -0.39 is 0 Å². The summed E-state index contributed by atoms with van der Waals surface area (Å²) in [5.74, 6) is -0.0602. The number of rotatable bonds is 5. The van der Waals surface area contributed by atoms with Crippen LogP contribution in [0.5, 0.6) is 0 Å². The third kappa shape index (κ3) is 4.35. The van der Waals surface area contributed by atoms with Gasteiger partial charge in [-0.3, -0.25) is 4.79 Å². The third-order valence-electron chi connectivity index (χ3n) is 3.89. The highest BCUT2D eigenvalue weighted by Crippen LogP contribution is 2.31.